The lowest BCUT2D eigenvalue weighted by Gasteiger charge is -1.99. The fourth-order valence-corrected chi connectivity index (χ4v) is 1.44. The summed E-state index contributed by atoms with van der Waals surface area (Å²) in [5.41, 5.74) is 0.613. The highest BCUT2D eigenvalue weighted by Gasteiger charge is 1.99. The summed E-state index contributed by atoms with van der Waals surface area (Å²) >= 11 is 5.86. The van der Waals surface area contributed by atoms with Crippen LogP contribution in [0.25, 0.3) is 10.8 Å². The average Bonchev–Trinajstić information content (AvgIpc) is 2.43. The Kier molecular flexibility index (Phi) is 7.55. The van der Waals surface area contributed by atoms with Crippen molar-refractivity contribution in [3.05, 3.63) is 41.2 Å². The third-order valence-electron chi connectivity index (χ3n) is 1.88. The van der Waals surface area contributed by atoms with Gasteiger partial charge in [0.05, 0.1) is 0 Å². The summed E-state index contributed by atoms with van der Waals surface area (Å²) in [6.07, 6.45) is 2.44. The number of hydrogen-bond acceptors (Lipinski definition) is 3. The van der Waals surface area contributed by atoms with Crippen LogP contribution in [0.3, 0.4) is 0 Å². The first-order valence-corrected chi connectivity index (χ1v) is 5.47. The van der Waals surface area contributed by atoms with Gasteiger partial charge >= 0.3 is 0 Å². The third-order valence-corrected chi connectivity index (χ3v) is 2.18. The van der Waals surface area contributed by atoms with Crippen molar-refractivity contribution < 1.29 is 9.59 Å². The van der Waals surface area contributed by atoms with E-state index in [1.165, 1.54) is 0 Å². The zero-order chi connectivity index (χ0) is 13.3. The summed E-state index contributed by atoms with van der Waals surface area (Å²) in [6, 6.07) is 7.20. The lowest BCUT2D eigenvalue weighted by atomic mass is 10.1. The van der Waals surface area contributed by atoms with Gasteiger partial charge in [0.15, 0.2) is 0 Å². The summed E-state index contributed by atoms with van der Waals surface area (Å²) in [7, 11) is 0. The minimum absolute atomic E-state index is 0.432. The van der Waals surface area contributed by atoms with Crippen LogP contribution in [0.4, 0.5) is 0 Å². The quantitative estimate of drug-likeness (QED) is 0.575. The van der Waals surface area contributed by atoms with E-state index in [0.717, 1.165) is 17.1 Å². The molecule has 0 aliphatic heterocycles. The molecule has 4 heteroatoms. The Hall–Kier alpha value is -1.74. The molecule has 0 atom stereocenters. The number of carbonyl (C=O) groups is 2. The van der Waals surface area contributed by atoms with Crippen LogP contribution in [-0.2, 0) is 4.79 Å². The Morgan fingerprint density at radius 2 is 1.88 bits per heavy atom. The van der Waals surface area contributed by atoms with Gasteiger partial charge < -0.3 is 4.79 Å². The van der Waals surface area contributed by atoms with Crippen LogP contribution in [-0.4, -0.2) is 18.1 Å². The number of halogens is 1. The molecule has 0 spiro atoms. The number of pyridine rings is 1. The fraction of sp³-hybridized carbons (Fsp3) is 0.154. The van der Waals surface area contributed by atoms with E-state index in [2.05, 4.69) is 4.98 Å². The van der Waals surface area contributed by atoms with E-state index in [4.69, 9.17) is 16.4 Å². The minimum Gasteiger partial charge on any atom is -0.307 e. The third kappa shape index (κ3) is 3.96. The van der Waals surface area contributed by atoms with Crippen molar-refractivity contribution in [1.82, 2.24) is 4.98 Å². The Morgan fingerprint density at radius 1 is 1.24 bits per heavy atom. The van der Waals surface area contributed by atoms with Crippen LogP contribution in [0.1, 0.15) is 24.2 Å². The SMILES string of the molecule is C=O.CC.O=Cc1ccc2ccnc(Cl)c2c1. The highest BCUT2D eigenvalue weighted by Crippen LogP contribution is 2.21. The first-order chi connectivity index (χ1) is 8.31. The van der Waals surface area contributed by atoms with Crippen molar-refractivity contribution in [3.8, 4) is 0 Å². The molecule has 0 unspecified atom stereocenters. The van der Waals surface area contributed by atoms with Gasteiger partial charge in [-0.15, -0.1) is 0 Å². The monoisotopic (exact) mass is 251 g/mol. The maximum Gasteiger partial charge on any atom is 0.150 e. The summed E-state index contributed by atoms with van der Waals surface area (Å²) in [5, 5.41) is 2.24. The van der Waals surface area contributed by atoms with E-state index in [1.54, 1.807) is 18.3 Å². The van der Waals surface area contributed by atoms with Gasteiger partial charge in [0.25, 0.3) is 0 Å². The molecule has 0 radical (unpaired) electrons. The number of aromatic nitrogens is 1. The minimum atomic E-state index is 0.432. The zero-order valence-corrected chi connectivity index (χ0v) is 10.6. The maximum atomic E-state index is 10.5. The average molecular weight is 252 g/mol. The Balaban J connectivity index is 0.000000581. The number of rotatable bonds is 1. The number of aldehydes is 1. The second-order valence-electron chi connectivity index (χ2n) is 2.70. The first-order valence-electron chi connectivity index (χ1n) is 5.09. The molecule has 1 aromatic heterocycles. The normalized spacial score (nSPS) is 8.41. The number of nitrogens with zero attached hydrogens (tertiary/aromatic N) is 1. The van der Waals surface area contributed by atoms with E-state index >= 15 is 0 Å². The largest absolute Gasteiger partial charge is 0.307 e. The zero-order valence-electron chi connectivity index (χ0n) is 9.81. The van der Waals surface area contributed by atoms with Crippen molar-refractivity contribution in [3.63, 3.8) is 0 Å². The van der Waals surface area contributed by atoms with Gasteiger partial charge in [-0.1, -0.05) is 37.6 Å². The van der Waals surface area contributed by atoms with Crippen molar-refractivity contribution in [2.45, 2.75) is 13.8 Å². The molecule has 2 rings (SSSR count). The number of carbonyl (C=O) groups excluding carboxylic acids is 2. The molecular formula is C13H14ClNO2. The topological polar surface area (TPSA) is 47.0 Å². The molecule has 2 aromatic rings. The molecule has 90 valence electrons. The predicted octanol–water partition coefficient (Wildman–Crippen LogP) is 3.54. The van der Waals surface area contributed by atoms with Crippen LogP contribution in [0.15, 0.2) is 30.5 Å². The van der Waals surface area contributed by atoms with Crippen LogP contribution in [0.5, 0.6) is 0 Å². The molecule has 1 aromatic carbocycles. The molecule has 0 bridgehead atoms. The van der Waals surface area contributed by atoms with Crippen molar-refractivity contribution >= 4 is 35.4 Å². The first kappa shape index (κ1) is 15.3. The molecule has 0 aliphatic rings. The summed E-state index contributed by atoms with van der Waals surface area (Å²) in [5.74, 6) is 0. The standard InChI is InChI=1S/C10H6ClNO.C2H6.CH2O/c11-10-9-5-7(6-13)1-2-8(9)3-4-12-10;2*1-2/h1-6H;1-2H3;1H2. The van der Waals surface area contributed by atoms with Crippen LogP contribution >= 0.6 is 11.6 Å². The van der Waals surface area contributed by atoms with Gasteiger partial charge in [0.1, 0.15) is 18.2 Å². The van der Waals surface area contributed by atoms with Crippen LogP contribution < -0.4 is 0 Å². The van der Waals surface area contributed by atoms with Crippen molar-refractivity contribution in [2.75, 3.05) is 0 Å². The molecule has 0 aliphatic carbocycles. The molecule has 0 saturated heterocycles. The highest BCUT2D eigenvalue weighted by atomic mass is 35.5. The van der Waals surface area contributed by atoms with Crippen molar-refractivity contribution in [1.29, 1.82) is 0 Å². The van der Waals surface area contributed by atoms with Gasteiger partial charge in [-0.2, -0.15) is 0 Å². The van der Waals surface area contributed by atoms with E-state index in [-0.39, 0.29) is 0 Å². The molecule has 0 fully saturated rings. The Morgan fingerprint density at radius 3 is 2.47 bits per heavy atom. The lowest BCUT2D eigenvalue weighted by molar-refractivity contribution is -0.0979. The Labute approximate surface area is 105 Å². The summed E-state index contributed by atoms with van der Waals surface area (Å²) in [4.78, 5) is 22.4. The second-order valence-corrected chi connectivity index (χ2v) is 3.06. The summed E-state index contributed by atoms with van der Waals surface area (Å²) in [6.45, 7) is 6.00. The van der Waals surface area contributed by atoms with E-state index < -0.39 is 0 Å². The molecule has 0 N–H and O–H groups in total. The molecular weight excluding hydrogens is 238 g/mol. The van der Waals surface area contributed by atoms with Gasteiger partial charge in [0, 0.05) is 17.1 Å². The maximum absolute atomic E-state index is 10.5. The number of benzene rings is 1. The summed E-state index contributed by atoms with van der Waals surface area (Å²) < 4.78 is 0. The van der Waals surface area contributed by atoms with Gasteiger partial charge in [0.2, 0.25) is 0 Å². The van der Waals surface area contributed by atoms with Crippen LogP contribution in [0, 0.1) is 0 Å². The van der Waals surface area contributed by atoms with Crippen LogP contribution in [0.2, 0.25) is 5.15 Å². The lowest BCUT2D eigenvalue weighted by Crippen LogP contribution is -1.82. The van der Waals surface area contributed by atoms with E-state index in [1.807, 2.05) is 32.8 Å². The fourth-order valence-electron chi connectivity index (χ4n) is 1.22. The van der Waals surface area contributed by atoms with Gasteiger partial charge in [-0.25, -0.2) is 4.98 Å². The number of hydrogen-bond donors (Lipinski definition) is 0. The molecule has 0 amide bonds. The van der Waals surface area contributed by atoms with Gasteiger partial charge in [-0.3, -0.25) is 4.79 Å². The number of fused-ring (bicyclic) bond motifs is 1. The predicted molar refractivity (Wildman–Crippen MR) is 70.6 cm³/mol. The highest BCUT2D eigenvalue weighted by molar-refractivity contribution is 6.34. The smallest absolute Gasteiger partial charge is 0.150 e. The van der Waals surface area contributed by atoms with Gasteiger partial charge in [-0.05, 0) is 17.5 Å². The molecule has 0 saturated carbocycles. The van der Waals surface area contributed by atoms with Crippen molar-refractivity contribution in [2.24, 2.45) is 0 Å². The molecule has 17 heavy (non-hydrogen) atoms. The Bertz CT molecular complexity index is 486. The van der Waals surface area contributed by atoms with E-state index in [0.29, 0.717) is 10.7 Å². The molecule has 3 nitrogen and oxygen atoms in total. The second kappa shape index (κ2) is 8.42. The van der Waals surface area contributed by atoms with E-state index in [9.17, 15) is 4.79 Å². The molecule has 1 heterocycles.